The van der Waals surface area contributed by atoms with Gasteiger partial charge in [-0.2, -0.15) is 0 Å². The molecule has 2 aromatic carbocycles. The predicted molar refractivity (Wildman–Crippen MR) is 103 cm³/mol. The highest BCUT2D eigenvalue weighted by molar-refractivity contribution is 5.68. The van der Waals surface area contributed by atoms with Crippen molar-refractivity contribution in [2.24, 2.45) is 0 Å². The number of rotatable bonds is 3. The normalized spacial score (nSPS) is 15.9. The van der Waals surface area contributed by atoms with E-state index in [9.17, 15) is 4.79 Å². The summed E-state index contributed by atoms with van der Waals surface area (Å²) in [5.41, 5.74) is 2.19. The van der Waals surface area contributed by atoms with Crippen molar-refractivity contribution < 1.29 is 14.4 Å². The summed E-state index contributed by atoms with van der Waals surface area (Å²) in [5, 5.41) is 0. The van der Waals surface area contributed by atoms with E-state index in [1.807, 2.05) is 25.7 Å². The molecular formula is C22H29N2O2+. The van der Waals surface area contributed by atoms with Gasteiger partial charge in [-0.15, -0.1) is 0 Å². The smallest absolute Gasteiger partial charge is 0.410 e. The highest BCUT2D eigenvalue weighted by Gasteiger charge is 2.32. The molecule has 1 aliphatic rings. The molecule has 2 aromatic rings. The van der Waals surface area contributed by atoms with E-state index >= 15 is 0 Å². The molecule has 0 spiro atoms. The van der Waals surface area contributed by atoms with Crippen LogP contribution in [0.4, 0.5) is 4.79 Å². The van der Waals surface area contributed by atoms with Crippen molar-refractivity contribution in [3.8, 4) is 0 Å². The second-order valence-electron chi connectivity index (χ2n) is 7.88. The van der Waals surface area contributed by atoms with Gasteiger partial charge in [-0.05, 0) is 20.8 Å². The number of amides is 1. The molecule has 4 heteroatoms. The number of hydrogen-bond donors (Lipinski definition) is 1. The SMILES string of the molecule is CC(C)(C)OC(=O)N1CC[NH+](C(c2ccccc2)c2ccccc2)CC1. The first-order valence-electron chi connectivity index (χ1n) is 9.36. The van der Waals surface area contributed by atoms with Gasteiger partial charge in [-0.1, -0.05) is 60.7 Å². The lowest BCUT2D eigenvalue weighted by Crippen LogP contribution is -3.15. The highest BCUT2D eigenvalue weighted by Crippen LogP contribution is 2.19. The molecule has 0 aromatic heterocycles. The maximum absolute atomic E-state index is 12.3. The minimum atomic E-state index is -0.447. The highest BCUT2D eigenvalue weighted by atomic mass is 16.6. The Kier molecular flexibility index (Phi) is 5.62. The molecule has 0 saturated carbocycles. The molecule has 3 rings (SSSR count). The predicted octanol–water partition coefficient (Wildman–Crippen LogP) is 2.91. The van der Waals surface area contributed by atoms with Crippen molar-refractivity contribution in [1.82, 2.24) is 4.90 Å². The largest absolute Gasteiger partial charge is 0.444 e. The standard InChI is InChI=1S/C22H28N2O2/c1-22(2,3)26-21(25)24-16-14-23(15-17-24)20(18-10-6-4-7-11-18)19-12-8-5-9-13-19/h4-13,20H,14-17H2,1-3H3/p+1. The summed E-state index contributed by atoms with van der Waals surface area (Å²) in [6.45, 7) is 9.00. The quantitative estimate of drug-likeness (QED) is 0.921. The van der Waals surface area contributed by atoms with E-state index in [0.29, 0.717) is 0 Å². The van der Waals surface area contributed by atoms with E-state index in [1.165, 1.54) is 16.0 Å². The second kappa shape index (κ2) is 7.92. The molecule has 0 atom stereocenters. The number of piperazine rings is 1. The zero-order valence-corrected chi connectivity index (χ0v) is 15.9. The third-order valence-corrected chi connectivity index (χ3v) is 4.73. The first-order chi connectivity index (χ1) is 12.4. The fraction of sp³-hybridized carbons (Fsp3) is 0.409. The molecule has 1 fully saturated rings. The van der Waals surface area contributed by atoms with E-state index < -0.39 is 5.60 Å². The minimum absolute atomic E-state index is 0.201. The van der Waals surface area contributed by atoms with Crippen LogP contribution in [-0.4, -0.2) is 42.8 Å². The lowest BCUT2D eigenvalue weighted by Gasteiger charge is -2.37. The van der Waals surface area contributed by atoms with Crippen LogP contribution in [-0.2, 0) is 4.74 Å². The van der Waals surface area contributed by atoms with Gasteiger partial charge < -0.3 is 9.64 Å². The summed E-state index contributed by atoms with van der Waals surface area (Å²) < 4.78 is 5.52. The van der Waals surface area contributed by atoms with Gasteiger partial charge in [0.05, 0.1) is 26.2 Å². The molecule has 0 unspecified atom stereocenters. The van der Waals surface area contributed by atoms with Crippen LogP contribution in [0.15, 0.2) is 60.7 Å². The number of carbonyl (C=O) groups excluding carboxylic acids is 1. The molecule has 0 aliphatic carbocycles. The first kappa shape index (κ1) is 18.5. The Bertz CT molecular complexity index is 662. The Morgan fingerprint density at radius 1 is 0.923 bits per heavy atom. The van der Waals surface area contributed by atoms with Crippen molar-refractivity contribution in [3.05, 3.63) is 71.8 Å². The van der Waals surface area contributed by atoms with Crippen molar-refractivity contribution in [1.29, 1.82) is 0 Å². The summed E-state index contributed by atoms with van der Waals surface area (Å²) in [4.78, 5) is 15.6. The zero-order chi connectivity index (χ0) is 18.6. The van der Waals surface area contributed by atoms with Crippen molar-refractivity contribution in [2.45, 2.75) is 32.4 Å². The zero-order valence-electron chi connectivity index (χ0n) is 15.9. The van der Waals surface area contributed by atoms with Gasteiger partial charge in [0.1, 0.15) is 11.6 Å². The minimum Gasteiger partial charge on any atom is -0.444 e. The number of ether oxygens (including phenoxy) is 1. The fourth-order valence-electron chi connectivity index (χ4n) is 3.55. The van der Waals surface area contributed by atoms with Gasteiger partial charge in [0, 0.05) is 11.1 Å². The summed E-state index contributed by atoms with van der Waals surface area (Å²) in [5.74, 6) is 0. The fourth-order valence-corrected chi connectivity index (χ4v) is 3.55. The maximum Gasteiger partial charge on any atom is 0.410 e. The monoisotopic (exact) mass is 353 g/mol. The number of carbonyl (C=O) groups is 1. The van der Waals surface area contributed by atoms with Crippen molar-refractivity contribution in [3.63, 3.8) is 0 Å². The Hall–Kier alpha value is -2.33. The van der Waals surface area contributed by atoms with E-state index in [1.54, 1.807) is 0 Å². The van der Waals surface area contributed by atoms with Gasteiger partial charge in [-0.25, -0.2) is 4.79 Å². The molecule has 1 amide bonds. The summed E-state index contributed by atoms with van der Waals surface area (Å²) in [6, 6.07) is 21.6. The Morgan fingerprint density at radius 3 is 1.81 bits per heavy atom. The lowest BCUT2D eigenvalue weighted by atomic mass is 9.96. The van der Waals surface area contributed by atoms with Gasteiger partial charge in [0.15, 0.2) is 0 Å². The molecule has 0 bridgehead atoms. The van der Waals surface area contributed by atoms with Gasteiger partial charge in [0.25, 0.3) is 0 Å². The van der Waals surface area contributed by atoms with Gasteiger partial charge in [-0.3, -0.25) is 4.90 Å². The van der Waals surface area contributed by atoms with Crippen LogP contribution in [0.2, 0.25) is 0 Å². The molecule has 0 radical (unpaired) electrons. The van der Waals surface area contributed by atoms with Crippen LogP contribution < -0.4 is 4.90 Å². The van der Waals surface area contributed by atoms with E-state index in [-0.39, 0.29) is 12.1 Å². The summed E-state index contributed by atoms with van der Waals surface area (Å²) in [7, 11) is 0. The molecule has 1 saturated heterocycles. The molecule has 138 valence electrons. The molecule has 1 aliphatic heterocycles. The van der Waals surface area contributed by atoms with Crippen LogP contribution in [0.3, 0.4) is 0 Å². The Labute approximate surface area is 156 Å². The lowest BCUT2D eigenvalue weighted by molar-refractivity contribution is -0.929. The molecular weight excluding hydrogens is 324 g/mol. The van der Waals surface area contributed by atoms with Crippen molar-refractivity contribution >= 4 is 6.09 Å². The maximum atomic E-state index is 12.3. The van der Waals surface area contributed by atoms with Crippen LogP contribution in [0, 0.1) is 0 Å². The number of nitrogens with one attached hydrogen (secondary N) is 1. The van der Waals surface area contributed by atoms with Crippen LogP contribution >= 0.6 is 0 Å². The average molecular weight is 353 g/mol. The van der Waals surface area contributed by atoms with Crippen LogP contribution in [0.5, 0.6) is 0 Å². The summed E-state index contributed by atoms with van der Waals surface area (Å²) >= 11 is 0. The first-order valence-corrected chi connectivity index (χ1v) is 9.36. The van der Waals surface area contributed by atoms with Gasteiger partial charge in [0.2, 0.25) is 0 Å². The van der Waals surface area contributed by atoms with Crippen LogP contribution in [0.25, 0.3) is 0 Å². The molecule has 4 nitrogen and oxygen atoms in total. The number of hydrogen-bond acceptors (Lipinski definition) is 2. The topological polar surface area (TPSA) is 34.0 Å². The molecule has 1 N–H and O–H groups in total. The van der Waals surface area contributed by atoms with E-state index in [2.05, 4.69) is 60.7 Å². The Balaban J connectivity index is 1.73. The van der Waals surface area contributed by atoms with Gasteiger partial charge >= 0.3 is 6.09 Å². The van der Waals surface area contributed by atoms with Crippen LogP contribution in [0.1, 0.15) is 37.9 Å². The third-order valence-electron chi connectivity index (χ3n) is 4.73. The average Bonchev–Trinajstić information content (AvgIpc) is 2.63. The number of quaternary nitrogens is 1. The van der Waals surface area contributed by atoms with E-state index in [4.69, 9.17) is 4.74 Å². The second-order valence-corrected chi connectivity index (χ2v) is 7.88. The Morgan fingerprint density at radius 2 is 1.38 bits per heavy atom. The summed E-state index contributed by atoms with van der Waals surface area (Å²) in [6.07, 6.45) is -0.201. The van der Waals surface area contributed by atoms with E-state index in [0.717, 1.165) is 26.2 Å². The number of benzene rings is 2. The third kappa shape index (κ3) is 4.64. The molecule has 1 heterocycles. The molecule has 26 heavy (non-hydrogen) atoms. The van der Waals surface area contributed by atoms with Crippen molar-refractivity contribution in [2.75, 3.05) is 26.2 Å². The number of nitrogens with zero attached hydrogens (tertiary/aromatic N) is 1.